The molecular weight excluding hydrogens is 250 g/mol. The summed E-state index contributed by atoms with van der Waals surface area (Å²) in [6, 6.07) is -0.198. The van der Waals surface area contributed by atoms with Crippen LogP contribution < -0.4 is 5.32 Å². The lowest BCUT2D eigenvalue weighted by atomic mass is 9.83. The molecule has 2 N–H and O–H groups in total. The topological polar surface area (TPSA) is 84.9 Å². The van der Waals surface area contributed by atoms with Gasteiger partial charge in [-0.3, -0.25) is 4.79 Å². The summed E-state index contributed by atoms with van der Waals surface area (Å²) in [7, 11) is 0. The number of amides is 1. The Labute approximate surface area is 112 Å². The number of fused-ring (bicyclic) bond motifs is 1. The molecule has 1 amide bonds. The highest BCUT2D eigenvalue weighted by Gasteiger charge is 2.57. The molecule has 1 saturated heterocycles. The van der Waals surface area contributed by atoms with Gasteiger partial charge in [-0.05, 0) is 40.0 Å². The van der Waals surface area contributed by atoms with Crippen molar-refractivity contribution >= 4 is 12.1 Å². The van der Waals surface area contributed by atoms with Crippen molar-refractivity contribution < 1.29 is 24.2 Å². The normalized spacial score (nSPS) is 33.8. The third-order valence-electron chi connectivity index (χ3n) is 3.74. The maximum atomic E-state index is 11.7. The number of alkyl carbamates (subject to hydrolysis) is 1. The fourth-order valence-corrected chi connectivity index (χ4v) is 2.93. The first-order valence-corrected chi connectivity index (χ1v) is 6.57. The van der Waals surface area contributed by atoms with Crippen LogP contribution in [0.5, 0.6) is 0 Å². The molecule has 2 rings (SSSR count). The highest BCUT2D eigenvalue weighted by atomic mass is 16.6. The molecule has 1 aliphatic carbocycles. The lowest BCUT2D eigenvalue weighted by molar-refractivity contribution is -0.150. The van der Waals surface area contributed by atoms with E-state index in [9.17, 15) is 14.7 Å². The number of rotatable bonds is 2. The Balaban J connectivity index is 1.95. The third kappa shape index (κ3) is 2.83. The smallest absolute Gasteiger partial charge is 0.407 e. The van der Waals surface area contributed by atoms with Crippen molar-refractivity contribution in [3.05, 3.63) is 0 Å². The van der Waals surface area contributed by atoms with Crippen LogP contribution >= 0.6 is 0 Å². The van der Waals surface area contributed by atoms with Crippen molar-refractivity contribution in [1.82, 2.24) is 5.32 Å². The maximum Gasteiger partial charge on any atom is 0.407 e. The molecule has 0 aromatic rings. The summed E-state index contributed by atoms with van der Waals surface area (Å²) < 4.78 is 10.7. The maximum absolute atomic E-state index is 11.7. The van der Waals surface area contributed by atoms with E-state index >= 15 is 0 Å². The Morgan fingerprint density at radius 2 is 2.11 bits per heavy atom. The molecule has 0 bridgehead atoms. The highest BCUT2D eigenvalue weighted by molar-refractivity contribution is 5.77. The molecule has 2 fully saturated rings. The Morgan fingerprint density at radius 3 is 2.63 bits per heavy atom. The monoisotopic (exact) mass is 271 g/mol. The number of carbonyl (C=O) groups is 2. The number of aliphatic carboxylic acids is 1. The van der Waals surface area contributed by atoms with E-state index in [-0.39, 0.29) is 12.1 Å². The van der Waals surface area contributed by atoms with E-state index in [0.717, 1.165) is 0 Å². The van der Waals surface area contributed by atoms with E-state index in [2.05, 4.69) is 5.32 Å². The molecule has 1 saturated carbocycles. The van der Waals surface area contributed by atoms with Crippen LogP contribution in [-0.4, -0.2) is 41.5 Å². The molecule has 19 heavy (non-hydrogen) atoms. The van der Waals surface area contributed by atoms with Crippen LogP contribution in [0.4, 0.5) is 4.79 Å². The van der Waals surface area contributed by atoms with Crippen LogP contribution in [0.25, 0.3) is 0 Å². The summed E-state index contributed by atoms with van der Waals surface area (Å²) in [5, 5.41) is 12.1. The summed E-state index contributed by atoms with van der Waals surface area (Å²) in [6.45, 7) is 5.85. The first-order valence-electron chi connectivity index (χ1n) is 6.57. The fourth-order valence-electron chi connectivity index (χ4n) is 2.93. The van der Waals surface area contributed by atoms with Gasteiger partial charge in [0.25, 0.3) is 0 Å². The van der Waals surface area contributed by atoms with E-state index in [0.29, 0.717) is 25.9 Å². The molecule has 0 aromatic carbocycles. The SMILES string of the molecule is CC(C)(C)OC(=O)NC1C[C@H]2OCC[C@@]2(C(=O)O)C1. The Hall–Kier alpha value is -1.30. The zero-order valence-electron chi connectivity index (χ0n) is 11.6. The molecule has 108 valence electrons. The standard InChI is InChI=1S/C13H21NO5/c1-12(2,3)19-11(17)14-8-6-9-13(7-8,10(15)16)4-5-18-9/h8-9H,4-7H2,1-3H3,(H,14,17)(H,15,16)/t8?,9-,13-/m1/s1. The predicted molar refractivity (Wildman–Crippen MR) is 66.8 cm³/mol. The van der Waals surface area contributed by atoms with Crippen LogP contribution in [0.1, 0.15) is 40.0 Å². The number of ether oxygens (including phenoxy) is 2. The lowest BCUT2D eigenvalue weighted by Crippen LogP contribution is -2.39. The molecule has 1 unspecified atom stereocenters. The second kappa shape index (κ2) is 4.67. The van der Waals surface area contributed by atoms with Crippen molar-refractivity contribution in [2.45, 2.75) is 57.8 Å². The molecule has 0 aromatic heterocycles. The van der Waals surface area contributed by atoms with Gasteiger partial charge in [-0.1, -0.05) is 0 Å². The number of carbonyl (C=O) groups excluding carboxylic acids is 1. The van der Waals surface area contributed by atoms with Crippen molar-refractivity contribution in [3.8, 4) is 0 Å². The predicted octanol–water partition coefficient (Wildman–Crippen LogP) is 1.53. The number of hydrogen-bond acceptors (Lipinski definition) is 4. The highest BCUT2D eigenvalue weighted by Crippen LogP contribution is 2.47. The molecular formula is C13H21NO5. The minimum absolute atomic E-state index is 0.198. The van der Waals surface area contributed by atoms with Gasteiger partial charge < -0.3 is 19.9 Å². The summed E-state index contributed by atoms with van der Waals surface area (Å²) in [6.07, 6.45) is 0.653. The van der Waals surface area contributed by atoms with Crippen molar-refractivity contribution in [3.63, 3.8) is 0 Å². The minimum atomic E-state index is -0.834. The number of carboxylic acids is 1. The largest absolute Gasteiger partial charge is 0.481 e. The van der Waals surface area contributed by atoms with Gasteiger partial charge in [-0.2, -0.15) is 0 Å². The second-order valence-electron chi connectivity index (χ2n) is 6.35. The molecule has 0 spiro atoms. The Morgan fingerprint density at radius 1 is 1.42 bits per heavy atom. The van der Waals surface area contributed by atoms with Crippen LogP contribution in [0.2, 0.25) is 0 Å². The average molecular weight is 271 g/mol. The number of carboxylic acid groups (broad SMARTS) is 1. The summed E-state index contributed by atoms with van der Waals surface area (Å²) in [4.78, 5) is 23.1. The van der Waals surface area contributed by atoms with E-state index in [1.165, 1.54) is 0 Å². The van der Waals surface area contributed by atoms with E-state index in [4.69, 9.17) is 9.47 Å². The second-order valence-corrected chi connectivity index (χ2v) is 6.35. The summed E-state index contributed by atoms with van der Waals surface area (Å²) in [5.74, 6) is -0.830. The van der Waals surface area contributed by atoms with Crippen LogP contribution in [0, 0.1) is 5.41 Å². The molecule has 2 aliphatic rings. The molecule has 3 atom stereocenters. The Bertz CT molecular complexity index is 389. The molecule has 0 radical (unpaired) electrons. The lowest BCUT2D eigenvalue weighted by Gasteiger charge is -2.23. The number of hydrogen-bond donors (Lipinski definition) is 2. The van der Waals surface area contributed by atoms with Gasteiger partial charge in [0.1, 0.15) is 5.60 Å². The Kier molecular flexibility index (Phi) is 3.47. The third-order valence-corrected chi connectivity index (χ3v) is 3.74. The zero-order valence-corrected chi connectivity index (χ0v) is 11.6. The van der Waals surface area contributed by atoms with Gasteiger partial charge in [-0.15, -0.1) is 0 Å². The van der Waals surface area contributed by atoms with Crippen LogP contribution in [0.15, 0.2) is 0 Å². The molecule has 6 nitrogen and oxygen atoms in total. The fraction of sp³-hybridized carbons (Fsp3) is 0.846. The first-order chi connectivity index (χ1) is 8.73. The van der Waals surface area contributed by atoms with Crippen molar-refractivity contribution in [2.24, 2.45) is 5.41 Å². The molecule has 1 heterocycles. The summed E-state index contributed by atoms with van der Waals surface area (Å²) in [5.41, 5.74) is -1.39. The van der Waals surface area contributed by atoms with Crippen molar-refractivity contribution in [2.75, 3.05) is 6.61 Å². The van der Waals surface area contributed by atoms with Crippen LogP contribution in [0.3, 0.4) is 0 Å². The van der Waals surface area contributed by atoms with Crippen molar-refractivity contribution in [1.29, 1.82) is 0 Å². The quantitative estimate of drug-likeness (QED) is 0.795. The molecule has 6 heteroatoms. The van der Waals surface area contributed by atoms with Gasteiger partial charge in [-0.25, -0.2) is 4.79 Å². The van der Waals surface area contributed by atoms with Crippen LogP contribution in [-0.2, 0) is 14.3 Å². The van der Waals surface area contributed by atoms with E-state index in [1.54, 1.807) is 20.8 Å². The van der Waals surface area contributed by atoms with Gasteiger partial charge in [0.2, 0.25) is 0 Å². The van der Waals surface area contributed by atoms with Gasteiger partial charge in [0.05, 0.1) is 11.5 Å². The van der Waals surface area contributed by atoms with Gasteiger partial charge >= 0.3 is 12.1 Å². The minimum Gasteiger partial charge on any atom is -0.481 e. The summed E-state index contributed by atoms with van der Waals surface area (Å²) >= 11 is 0. The molecule has 1 aliphatic heterocycles. The zero-order chi connectivity index (χ0) is 14.3. The van der Waals surface area contributed by atoms with Gasteiger partial charge in [0, 0.05) is 12.6 Å². The van der Waals surface area contributed by atoms with E-state index < -0.39 is 23.1 Å². The number of nitrogens with one attached hydrogen (secondary N) is 1. The van der Waals surface area contributed by atoms with E-state index in [1.807, 2.05) is 0 Å². The average Bonchev–Trinajstić information content (AvgIpc) is 2.70. The van der Waals surface area contributed by atoms with Gasteiger partial charge in [0.15, 0.2) is 0 Å². The first kappa shape index (κ1) is 14.1.